The molecule has 0 bridgehead atoms. The molecule has 0 aliphatic heterocycles. The maximum Gasteiger partial charge on any atom is 0.289 e. The van der Waals surface area contributed by atoms with Crippen molar-refractivity contribution in [1.82, 2.24) is 0 Å². The molecule has 29 heavy (non-hydrogen) atoms. The van der Waals surface area contributed by atoms with E-state index in [-0.39, 0.29) is 16.5 Å². The number of nitro benzene ring substituents is 1. The second kappa shape index (κ2) is 8.92. The highest BCUT2D eigenvalue weighted by molar-refractivity contribution is 7.92. The molecule has 0 spiro atoms. The Labute approximate surface area is 168 Å². The SMILES string of the molecule is CC(=O)Nc1cccc(NC(=O)CS(=O)(=O)c2ccc(S(C)=O)cc2[N+](=O)[O-])c1. The Hall–Kier alpha value is -3.12. The number of hydrogen-bond donors (Lipinski definition) is 2. The van der Waals surface area contributed by atoms with Gasteiger partial charge in [-0.05, 0) is 30.3 Å². The van der Waals surface area contributed by atoms with Crippen molar-refractivity contribution in [1.29, 1.82) is 0 Å². The molecule has 0 saturated carbocycles. The molecule has 0 fully saturated rings. The van der Waals surface area contributed by atoms with E-state index in [1.807, 2.05) is 0 Å². The monoisotopic (exact) mass is 439 g/mol. The smallest absolute Gasteiger partial charge is 0.289 e. The van der Waals surface area contributed by atoms with Gasteiger partial charge in [0, 0.05) is 35.5 Å². The van der Waals surface area contributed by atoms with Crippen molar-refractivity contribution in [2.75, 3.05) is 22.6 Å². The molecule has 12 heteroatoms. The summed E-state index contributed by atoms with van der Waals surface area (Å²) in [6.07, 6.45) is 1.30. The van der Waals surface area contributed by atoms with Crippen LogP contribution < -0.4 is 10.6 Å². The minimum Gasteiger partial charge on any atom is -0.326 e. The summed E-state index contributed by atoms with van der Waals surface area (Å²) in [4.78, 5) is 33.1. The second-order valence-electron chi connectivity index (χ2n) is 5.91. The molecule has 0 aliphatic carbocycles. The van der Waals surface area contributed by atoms with Crippen LogP contribution in [0.15, 0.2) is 52.3 Å². The molecule has 0 heterocycles. The number of anilines is 2. The number of amides is 2. The molecule has 1 atom stereocenters. The van der Waals surface area contributed by atoms with Crippen molar-refractivity contribution in [2.24, 2.45) is 0 Å². The Morgan fingerprint density at radius 1 is 1.10 bits per heavy atom. The van der Waals surface area contributed by atoms with Crippen molar-refractivity contribution in [3.05, 3.63) is 52.6 Å². The Balaban J connectivity index is 2.25. The summed E-state index contributed by atoms with van der Waals surface area (Å²) in [7, 11) is -5.89. The number of sulfone groups is 1. The van der Waals surface area contributed by atoms with Gasteiger partial charge >= 0.3 is 0 Å². The largest absolute Gasteiger partial charge is 0.326 e. The zero-order valence-electron chi connectivity index (χ0n) is 15.4. The molecule has 2 aromatic rings. The van der Waals surface area contributed by atoms with Crippen molar-refractivity contribution >= 4 is 49.5 Å². The fraction of sp³-hybridized carbons (Fsp3) is 0.176. The average Bonchev–Trinajstić information content (AvgIpc) is 2.60. The van der Waals surface area contributed by atoms with Crippen molar-refractivity contribution in [2.45, 2.75) is 16.7 Å². The Bertz CT molecular complexity index is 1110. The molecule has 2 rings (SSSR count). The average molecular weight is 439 g/mol. The van der Waals surface area contributed by atoms with Crippen LogP contribution in [-0.2, 0) is 30.2 Å². The number of carbonyl (C=O) groups excluding carboxylic acids is 2. The topological polar surface area (TPSA) is 153 Å². The number of carbonyl (C=O) groups is 2. The summed E-state index contributed by atoms with van der Waals surface area (Å²) in [5.41, 5.74) is -0.113. The molecule has 10 nitrogen and oxygen atoms in total. The maximum absolute atomic E-state index is 12.6. The summed E-state index contributed by atoms with van der Waals surface area (Å²) < 4.78 is 36.6. The van der Waals surface area contributed by atoms with Gasteiger partial charge in [0.05, 0.1) is 15.7 Å². The minimum atomic E-state index is -4.35. The van der Waals surface area contributed by atoms with Crippen LogP contribution in [0.25, 0.3) is 0 Å². The van der Waals surface area contributed by atoms with Gasteiger partial charge in [-0.25, -0.2) is 8.42 Å². The predicted octanol–water partition coefficient (Wildman–Crippen LogP) is 1.70. The highest BCUT2D eigenvalue weighted by Gasteiger charge is 2.29. The molecular formula is C17H17N3O7S2. The van der Waals surface area contributed by atoms with E-state index in [4.69, 9.17) is 0 Å². The predicted molar refractivity (Wildman–Crippen MR) is 107 cm³/mol. The zero-order valence-corrected chi connectivity index (χ0v) is 17.0. The lowest BCUT2D eigenvalue weighted by Crippen LogP contribution is -2.23. The van der Waals surface area contributed by atoms with Crippen LogP contribution in [0.2, 0.25) is 0 Å². The molecule has 0 aliphatic rings. The maximum atomic E-state index is 12.6. The first kappa shape index (κ1) is 22.2. The number of nitrogens with one attached hydrogen (secondary N) is 2. The molecular weight excluding hydrogens is 422 g/mol. The van der Waals surface area contributed by atoms with Crippen molar-refractivity contribution in [3.63, 3.8) is 0 Å². The van der Waals surface area contributed by atoms with Gasteiger partial charge < -0.3 is 10.6 Å². The third-order valence-electron chi connectivity index (χ3n) is 3.58. The van der Waals surface area contributed by atoms with Crippen molar-refractivity contribution in [3.8, 4) is 0 Å². The molecule has 1 unspecified atom stereocenters. The second-order valence-corrected chi connectivity index (χ2v) is 9.25. The third-order valence-corrected chi connectivity index (χ3v) is 6.16. The molecule has 2 aromatic carbocycles. The van der Waals surface area contributed by atoms with E-state index in [1.165, 1.54) is 31.4 Å². The summed E-state index contributed by atoms with van der Waals surface area (Å²) in [5.74, 6) is -2.27. The zero-order chi connectivity index (χ0) is 21.8. The Morgan fingerprint density at radius 2 is 1.72 bits per heavy atom. The van der Waals surface area contributed by atoms with Gasteiger partial charge in [0.15, 0.2) is 9.84 Å². The first-order valence-corrected chi connectivity index (χ1v) is 11.2. The number of nitrogens with zero attached hydrogens (tertiary/aromatic N) is 1. The lowest BCUT2D eigenvalue weighted by Gasteiger charge is -2.09. The van der Waals surface area contributed by atoms with Crippen LogP contribution in [0.5, 0.6) is 0 Å². The quantitative estimate of drug-likeness (QED) is 0.492. The fourth-order valence-corrected chi connectivity index (χ4v) is 4.24. The van der Waals surface area contributed by atoms with E-state index in [2.05, 4.69) is 10.6 Å². The fourth-order valence-electron chi connectivity index (χ4n) is 2.41. The lowest BCUT2D eigenvalue weighted by atomic mass is 10.2. The van der Waals surface area contributed by atoms with Crippen LogP contribution in [-0.4, -0.2) is 41.4 Å². The molecule has 0 radical (unpaired) electrons. The van der Waals surface area contributed by atoms with Gasteiger partial charge in [0.25, 0.3) is 5.69 Å². The summed E-state index contributed by atoms with van der Waals surface area (Å²) in [5, 5.41) is 16.1. The first-order valence-electron chi connectivity index (χ1n) is 8.02. The van der Waals surface area contributed by atoms with Crippen LogP contribution in [0, 0.1) is 10.1 Å². The first-order chi connectivity index (χ1) is 13.5. The molecule has 2 amide bonds. The van der Waals surface area contributed by atoms with Gasteiger partial charge in [-0.1, -0.05) is 6.07 Å². The van der Waals surface area contributed by atoms with E-state index < -0.39 is 47.8 Å². The molecule has 2 N–H and O–H groups in total. The highest BCUT2D eigenvalue weighted by atomic mass is 32.2. The Morgan fingerprint density at radius 3 is 2.28 bits per heavy atom. The van der Waals surface area contributed by atoms with E-state index in [9.17, 15) is 32.3 Å². The summed E-state index contributed by atoms with van der Waals surface area (Å²) in [6, 6.07) is 9.13. The number of rotatable bonds is 7. The molecule has 154 valence electrons. The highest BCUT2D eigenvalue weighted by Crippen LogP contribution is 2.27. The summed E-state index contributed by atoms with van der Waals surface area (Å²) in [6.45, 7) is 1.31. The van der Waals surface area contributed by atoms with Crippen LogP contribution in [0.3, 0.4) is 0 Å². The van der Waals surface area contributed by atoms with Gasteiger partial charge in [0.1, 0.15) is 10.6 Å². The van der Waals surface area contributed by atoms with E-state index in [0.29, 0.717) is 5.69 Å². The lowest BCUT2D eigenvalue weighted by molar-refractivity contribution is -0.388. The molecule has 0 aromatic heterocycles. The molecule has 0 saturated heterocycles. The number of benzene rings is 2. The van der Waals surface area contributed by atoms with Crippen LogP contribution in [0.4, 0.5) is 17.1 Å². The van der Waals surface area contributed by atoms with Crippen LogP contribution >= 0.6 is 0 Å². The normalized spacial score (nSPS) is 12.1. The van der Waals surface area contributed by atoms with Crippen molar-refractivity contribution < 1.29 is 27.1 Å². The number of nitro groups is 1. The van der Waals surface area contributed by atoms with Crippen LogP contribution in [0.1, 0.15) is 6.92 Å². The minimum absolute atomic E-state index is 0.0925. The van der Waals surface area contributed by atoms with E-state index in [0.717, 1.165) is 12.1 Å². The van der Waals surface area contributed by atoms with Gasteiger partial charge in [-0.3, -0.25) is 23.9 Å². The van der Waals surface area contributed by atoms with Gasteiger partial charge in [-0.15, -0.1) is 0 Å². The van der Waals surface area contributed by atoms with Gasteiger partial charge in [-0.2, -0.15) is 0 Å². The van der Waals surface area contributed by atoms with Gasteiger partial charge in [0.2, 0.25) is 11.8 Å². The third kappa shape index (κ3) is 5.93. The number of hydrogen-bond acceptors (Lipinski definition) is 7. The van der Waals surface area contributed by atoms with E-state index in [1.54, 1.807) is 12.1 Å². The van der Waals surface area contributed by atoms with E-state index >= 15 is 0 Å². The standard InChI is InChI=1S/C17H17N3O7S2/c1-11(21)18-12-4-3-5-13(8-12)19-17(22)10-29(26,27)16-7-6-14(28(2)25)9-15(16)20(23)24/h3-9H,10H2,1-2H3,(H,18,21)(H,19,22). The Kier molecular flexibility index (Phi) is 6.82. The summed E-state index contributed by atoms with van der Waals surface area (Å²) >= 11 is 0.